The van der Waals surface area contributed by atoms with Crippen LogP contribution in [-0.2, 0) is 9.84 Å². The number of carbonyl (C=O) groups excluding carboxylic acids is 1. The van der Waals surface area contributed by atoms with Gasteiger partial charge in [0, 0.05) is 36.2 Å². The highest BCUT2D eigenvalue weighted by atomic mass is 32.2. The predicted octanol–water partition coefficient (Wildman–Crippen LogP) is 2.06. The lowest BCUT2D eigenvalue weighted by atomic mass is 10.1. The fourth-order valence-corrected chi connectivity index (χ4v) is 5.23. The summed E-state index contributed by atoms with van der Waals surface area (Å²) in [5.74, 6) is 0.140. The third-order valence-electron chi connectivity index (χ3n) is 4.91. The SMILES string of the molecule is CN(C)CCCN(C(=O)c1cccc(-n2cccc2)c1)C1CCS(=O)(=O)C1. The molecule has 6 nitrogen and oxygen atoms in total. The maximum Gasteiger partial charge on any atom is 0.254 e. The summed E-state index contributed by atoms with van der Waals surface area (Å²) >= 11 is 0. The minimum atomic E-state index is -3.05. The van der Waals surface area contributed by atoms with Crippen LogP contribution in [0.2, 0.25) is 0 Å². The molecular weight excluding hydrogens is 362 g/mol. The van der Waals surface area contributed by atoms with E-state index in [4.69, 9.17) is 0 Å². The Kier molecular flexibility index (Phi) is 6.01. The molecule has 2 aromatic rings. The molecule has 0 saturated carbocycles. The first kappa shape index (κ1) is 19.6. The number of hydrogen-bond donors (Lipinski definition) is 0. The van der Waals surface area contributed by atoms with E-state index in [-0.39, 0.29) is 23.5 Å². The first-order chi connectivity index (χ1) is 12.9. The van der Waals surface area contributed by atoms with Crippen LogP contribution >= 0.6 is 0 Å². The number of rotatable bonds is 7. The van der Waals surface area contributed by atoms with Gasteiger partial charge < -0.3 is 14.4 Å². The summed E-state index contributed by atoms with van der Waals surface area (Å²) < 4.78 is 25.8. The molecule has 0 spiro atoms. The highest BCUT2D eigenvalue weighted by Crippen LogP contribution is 2.21. The zero-order valence-electron chi connectivity index (χ0n) is 15.9. The third-order valence-corrected chi connectivity index (χ3v) is 6.66. The van der Waals surface area contributed by atoms with Crippen molar-refractivity contribution >= 4 is 15.7 Å². The zero-order valence-corrected chi connectivity index (χ0v) is 16.7. The van der Waals surface area contributed by atoms with Crippen LogP contribution in [-0.4, -0.2) is 73.4 Å². The number of hydrogen-bond acceptors (Lipinski definition) is 4. The smallest absolute Gasteiger partial charge is 0.254 e. The molecule has 1 unspecified atom stereocenters. The zero-order chi connectivity index (χ0) is 19.4. The van der Waals surface area contributed by atoms with Crippen molar-refractivity contribution in [2.45, 2.75) is 18.9 Å². The Morgan fingerprint density at radius 2 is 1.89 bits per heavy atom. The Morgan fingerprint density at radius 3 is 2.52 bits per heavy atom. The first-order valence-corrected chi connectivity index (χ1v) is 11.1. The van der Waals surface area contributed by atoms with E-state index in [0.717, 1.165) is 18.7 Å². The lowest BCUT2D eigenvalue weighted by Gasteiger charge is -2.29. The van der Waals surface area contributed by atoms with Gasteiger partial charge in [-0.2, -0.15) is 0 Å². The Bertz CT molecular complexity index is 876. The van der Waals surface area contributed by atoms with Gasteiger partial charge in [0.15, 0.2) is 9.84 Å². The topological polar surface area (TPSA) is 62.6 Å². The molecular formula is C20H27N3O3S. The maximum atomic E-state index is 13.2. The standard InChI is InChI=1S/C20H27N3O3S/c1-21(2)10-6-13-23(19-9-14-27(25,26)16-19)20(24)17-7-5-8-18(15-17)22-11-3-4-12-22/h3-5,7-8,11-12,15,19H,6,9-10,13-14,16H2,1-2H3. The van der Waals surface area contributed by atoms with Gasteiger partial charge >= 0.3 is 0 Å². The second-order valence-electron chi connectivity index (χ2n) is 7.35. The van der Waals surface area contributed by atoms with Gasteiger partial charge in [0.05, 0.1) is 11.5 Å². The van der Waals surface area contributed by atoms with Gasteiger partial charge in [-0.05, 0) is 63.8 Å². The van der Waals surface area contributed by atoms with E-state index in [0.29, 0.717) is 18.5 Å². The van der Waals surface area contributed by atoms with E-state index in [2.05, 4.69) is 4.90 Å². The minimum absolute atomic E-state index is 0.0675. The van der Waals surface area contributed by atoms with Gasteiger partial charge in [0.2, 0.25) is 0 Å². The molecule has 0 N–H and O–H groups in total. The molecule has 3 rings (SSSR count). The number of carbonyl (C=O) groups is 1. The van der Waals surface area contributed by atoms with Gasteiger partial charge in [0.25, 0.3) is 5.91 Å². The van der Waals surface area contributed by atoms with Crippen molar-refractivity contribution < 1.29 is 13.2 Å². The summed E-state index contributed by atoms with van der Waals surface area (Å²) in [6.45, 7) is 1.41. The van der Waals surface area contributed by atoms with Crippen LogP contribution in [0, 0.1) is 0 Å². The third kappa shape index (κ3) is 4.99. The monoisotopic (exact) mass is 389 g/mol. The molecule has 146 valence electrons. The first-order valence-electron chi connectivity index (χ1n) is 9.25. The highest BCUT2D eigenvalue weighted by Gasteiger charge is 2.34. The number of benzene rings is 1. The summed E-state index contributed by atoms with van der Waals surface area (Å²) in [7, 11) is 0.936. The number of sulfone groups is 1. The van der Waals surface area contributed by atoms with Gasteiger partial charge in [-0.3, -0.25) is 4.79 Å². The normalized spacial score (nSPS) is 18.7. The van der Waals surface area contributed by atoms with Crippen molar-refractivity contribution in [1.82, 2.24) is 14.4 Å². The van der Waals surface area contributed by atoms with Crippen molar-refractivity contribution in [3.8, 4) is 5.69 Å². The molecule has 1 aliphatic rings. The second-order valence-corrected chi connectivity index (χ2v) is 9.58. The lowest BCUT2D eigenvalue weighted by molar-refractivity contribution is 0.0690. The van der Waals surface area contributed by atoms with Gasteiger partial charge in [-0.15, -0.1) is 0 Å². The summed E-state index contributed by atoms with van der Waals surface area (Å²) in [5.41, 5.74) is 1.51. The molecule has 27 heavy (non-hydrogen) atoms. The average Bonchev–Trinajstić information content (AvgIpc) is 3.28. The number of amides is 1. The molecule has 1 aliphatic heterocycles. The Balaban J connectivity index is 1.82. The van der Waals surface area contributed by atoms with Crippen molar-refractivity contribution in [2.24, 2.45) is 0 Å². The molecule has 1 saturated heterocycles. The average molecular weight is 390 g/mol. The molecule has 1 amide bonds. The van der Waals surface area contributed by atoms with E-state index in [1.54, 1.807) is 11.0 Å². The molecule has 0 bridgehead atoms. The van der Waals surface area contributed by atoms with Crippen LogP contribution in [0.5, 0.6) is 0 Å². The Morgan fingerprint density at radius 1 is 1.15 bits per heavy atom. The van der Waals surface area contributed by atoms with Crippen LogP contribution in [0.4, 0.5) is 0 Å². The van der Waals surface area contributed by atoms with Crippen LogP contribution < -0.4 is 0 Å². The summed E-state index contributed by atoms with van der Waals surface area (Å²) in [6, 6.07) is 11.1. The van der Waals surface area contributed by atoms with Gasteiger partial charge in [-0.1, -0.05) is 6.07 Å². The van der Waals surface area contributed by atoms with E-state index >= 15 is 0 Å². The molecule has 2 heterocycles. The Hall–Kier alpha value is -2.12. The van der Waals surface area contributed by atoms with Crippen molar-refractivity contribution in [1.29, 1.82) is 0 Å². The molecule has 0 radical (unpaired) electrons. The molecule has 1 aromatic carbocycles. The largest absolute Gasteiger partial charge is 0.335 e. The fraction of sp³-hybridized carbons (Fsp3) is 0.450. The Labute approximate surface area is 161 Å². The van der Waals surface area contributed by atoms with Crippen LogP contribution in [0.25, 0.3) is 5.69 Å². The summed E-state index contributed by atoms with van der Waals surface area (Å²) in [5, 5.41) is 0. The van der Waals surface area contributed by atoms with E-state index < -0.39 is 9.84 Å². The van der Waals surface area contributed by atoms with Crippen LogP contribution in [0.1, 0.15) is 23.2 Å². The second kappa shape index (κ2) is 8.27. The highest BCUT2D eigenvalue weighted by molar-refractivity contribution is 7.91. The maximum absolute atomic E-state index is 13.2. The van der Waals surface area contributed by atoms with Crippen LogP contribution in [0.15, 0.2) is 48.8 Å². The summed E-state index contributed by atoms with van der Waals surface area (Å²) in [6.07, 6.45) is 5.20. The lowest BCUT2D eigenvalue weighted by Crippen LogP contribution is -2.42. The van der Waals surface area contributed by atoms with Crippen molar-refractivity contribution in [2.75, 3.05) is 38.7 Å². The van der Waals surface area contributed by atoms with Crippen molar-refractivity contribution in [3.63, 3.8) is 0 Å². The summed E-state index contributed by atoms with van der Waals surface area (Å²) in [4.78, 5) is 17.1. The molecule has 7 heteroatoms. The molecule has 1 fully saturated rings. The number of aromatic nitrogens is 1. The molecule has 1 aromatic heterocycles. The minimum Gasteiger partial charge on any atom is -0.335 e. The van der Waals surface area contributed by atoms with Crippen LogP contribution in [0.3, 0.4) is 0 Å². The van der Waals surface area contributed by atoms with E-state index in [1.807, 2.05) is 61.4 Å². The van der Waals surface area contributed by atoms with Gasteiger partial charge in [-0.25, -0.2) is 8.42 Å². The van der Waals surface area contributed by atoms with Crippen molar-refractivity contribution in [3.05, 3.63) is 54.4 Å². The quantitative estimate of drug-likeness (QED) is 0.727. The van der Waals surface area contributed by atoms with Gasteiger partial charge in [0.1, 0.15) is 0 Å². The molecule has 1 atom stereocenters. The van der Waals surface area contributed by atoms with E-state index in [1.165, 1.54) is 0 Å². The van der Waals surface area contributed by atoms with E-state index in [9.17, 15) is 13.2 Å². The molecule has 0 aliphatic carbocycles. The predicted molar refractivity (Wildman–Crippen MR) is 107 cm³/mol. The number of nitrogens with zero attached hydrogens (tertiary/aromatic N) is 3. The fourth-order valence-electron chi connectivity index (χ4n) is 3.50.